The van der Waals surface area contributed by atoms with Crippen LogP contribution in [0.3, 0.4) is 0 Å². The van der Waals surface area contributed by atoms with Crippen LogP contribution in [0.5, 0.6) is 11.5 Å². The average Bonchev–Trinajstić information content (AvgIpc) is 2.39. The molecule has 0 saturated carbocycles. The first-order valence-electron chi connectivity index (χ1n) is 5.99. The van der Waals surface area contributed by atoms with E-state index in [0.29, 0.717) is 11.5 Å². The van der Waals surface area contributed by atoms with E-state index in [4.69, 9.17) is 14.8 Å². The Kier molecular flexibility index (Phi) is 4.43. The molecule has 0 fully saturated rings. The lowest BCUT2D eigenvalue weighted by Crippen LogP contribution is -2.08. The topological polar surface area (TPSA) is 73.9 Å². The van der Waals surface area contributed by atoms with E-state index in [-0.39, 0.29) is 5.84 Å². The normalized spacial score (nSPS) is 11.9. The quantitative estimate of drug-likeness (QED) is 0.518. The number of nitrogens with zero attached hydrogens (tertiary/aromatic N) is 1. The standard InChI is InChI=1S/C14H15N2O3P/c1-12(15)16-20(17,18-13-8-4-2-5-9-13)19-14-10-6-3-7-11-14/h2-11H,1H3,(H2,15,16,17). The summed E-state index contributed by atoms with van der Waals surface area (Å²) in [6, 6.07) is 17.4. The predicted molar refractivity (Wildman–Crippen MR) is 79.0 cm³/mol. The summed E-state index contributed by atoms with van der Waals surface area (Å²) >= 11 is 0. The summed E-state index contributed by atoms with van der Waals surface area (Å²) < 4.78 is 27.2. The molecule has 0 aromatic heterocycles. The van der Waals surface area contributed by atoms with Gasteiger partial charge in [0, 0.05) is 0 Å². The van der Waals surface area contributed by atoms with Crippen LogP contribution in [0, 0.1) is 0 Å². The Hall–Kier alpha value is -2.26. The molecular weight excluding hydrogens is 275 g/mol. The molecule has 6 heteroatoms. The SMILES string of the molecule is C/C(N)=N\P(=O)(Oc1ccccc1)Oc1ccccc1. The Bertz CT molecular complexity index is 580. The molecule has 0 saturated heterocycles. The zero-order valence-electron chi connectivity index (χ0n) is 11.0. The Morgan fingerprint density at radius 1 is 0.950 bits per heavy atom. The van der Waals surface area contributed by atoms with Crippen LogP contribution in [0.4, 0.5) is 0 Å². The number of benzene rings is 2. The lowest BCUT2D eigenvalue weighted by Gasteiger charge is -2.15. The van der Waals surface area contributed by atoms with E-state index in [9.17, 15) is 4.57 Å². The minimum atomic E-state index is -3.76. The van der Waals surface area contributed by atoms with E-state index in [1.165, 1.54) is 6.92 Å². The number of rotatable bonds is 5. The molecule has 2 rings (SSSR count). The first kappa shape index (κ1) is 14.2. The molecule has 0 aliphatic heterocycles. The molecule has 0 aliphatic carbocycles. The molecule has 0 radical (unpaired) electrons. The van der Waals surface area contributed by atoms with Gasteiger partial charge >= 0.3 is 7.75 Å². The van der Waals surface area contributed by atoms with Gasteiger partial charge in [-0.1, -0.05) is 36.4 Å². The average molecular weight is 290 g/mol. The fourth-order valence-electron chi connectivity index (χ4n) is 1.48. The van der Waals surface area contributed by atoms with Gasteiger partial charge in [-0.3, -0.25) is 0 Å². The highest BCUT2D eigenvalue weighted by Crippen LogP contribution is 2.49. The molecule has 0 atom stereocenters. The van der Waals surface area contributed by atoms with Crippen molar-refractivity contribution in [2.45, 2.75) is 6.92 Å². The van der Waals surface area contributed by atoms with Crippen LogP contribution < -0.4 is 14.8 Å². The van der Waals surface area contributed by atoms with Gasteiger partial charge in [-0.25, -0.2) is 4.57 Å². The first-order valence-corrected chi connectivity index (χ1v) is 7.49. The largest absolute Gasteiger partial charge is 0.564 e. The minimum absolute atomic E-state index is 0.125. The van der Waals surface area contributed by atoms with Crippen LogP contribution in [0.1, 0.15) is 6.92 Å². The molecular formula is C14H15N2O3P. The molecule has 0 aliphatic rings. The fraction of sp³-hybridized carbons (Fsp3) is 0.0714. The summed E-state index contributed by atoms with van der Waals surface area (Å²) in [5.41, 5.74) is 5.50. The summed E-state index contributed by atoms with van der Waals surface area (Å²) in [5, 5.41) is 0. The van der Waals surface area contributed by atoms with Crippen molar-refractivity contribution in [1.29, 1.82) is 0 Å². The van der Waals surface area contributed by atoms with Crippen molar-refractivity contribution in [3.63, 3.8) is 0 Å². The van der Waals surface area contributed by atoms with Crippen LogP contribution in [-0.4, -0.2) is 5.84 Å². The van der Waals surface area contributed by atoms with Crippen LogP contribution in [-0.2, 0) is 4.57 Å². The molecule has 20 heavy (non-hydrogen) atoms. The Morgan fingerprint density at radius 2 is 1.35 bits per heavy atom. The molecule has 2 N–H and O–H groups in total. The van der Waals surface area contributed by atoms with Gasteiger partial charge in [-0.15, -0.1) is 4.76 Å². The highest BCUT2D eigenvalue weighted by atomic mass is 31.2. The molecule has 2 aromatic rings. The van der Waals surface area contributed by atoms with E-state index in [2.05, 4.69) is 4.76 Å². The third kappa shape index (κ3) is 4.14. The highest BCUT2D eigenvalue weighted by molar-refractivity contribution is 7.53. The van der Waals surface area contributed by atoms with Crippen LogP contribution in [0.2, 0.25) is 0 Å². The van der Waals surface area contributed by atoms with Crippen LogP contribution >= 0.6 is 7.75 Å². The van der Waals surface area contributed by atoms with E-state index in [1.807, 2.05) is 12.1 Å². The van der Waals surface area contributed by atoms with Crippen molar-refractivity contribution in [2.24, 2.45) is 10.5 Å². The third-order valence-corrected chi connectivity index (χ3v) is 3.65. The maximum absolute atomic E-state index is 12.7. The van der Waals surface area contributed by atoms with Crippen molar-refractivity contribution in [2.75, 3.05) is 0 Å². The van der Waals surface area contributed by atoms with Gasteiger partial charge < -0.3 is 14.8 Å². The van der Waals surface area contributed by atoms with Crippen LogP contribution in [0.15, 0.2) is 65.4 Å². The zero-order chi connectivity index (χ0) is 14.4. The summed E-state index contributed by atoms with van der Waals surface area (Å²) in [4.78, 5) is 0. The number of nitrogens with two attached hydrogens (primary N) is 1. The predicted octanol–water partition coefficient (Wildman–Crippen LogP) is 3.63. The molecule has 104 valence electrons. The second-order valence-corrected chi connectivity index (χ2v) is 5.52. The molecule has 5 nitrogen and oxygen atoms in total. The second kappa shape index (κ2) is 6.26. The van der Waals surface area contributed by atoms with E-state index in [1.54, 1.807) is 48.5 Å². The smallest absolute Gasteiger partial charge is 0.399 e. The molecule has 0 amide bonds. The summed E-state index contributed by atoms with van der Waals surface area (Å²) in [6.45, 7) is 1.52. The molecule has 0 heterocycles. The fourth-order valence-corrected chi connectivity index (χ4v) is 2.76. The number of para-hydroxylation sites is 2. The van der Waals surface area contributed by atoms with Gasteiger partial charge in [-0.05, 0) is 31.2 Å². The lowest BCUT2D eigenvalue weighted by atomic mass is 10.3. The zero-order valence-corrected chi connectivity index (χ0v) is 11.9. The van der Waals surface area contributed by atoms with Crippen molar-refractivity contribution >= 4 is 13.6 Å². The highest BCUT2D eigenvalue weighted by Gasteiger charge is 2.28. The summed E-state index contributed by atoms with van der Waals surface area (Å²) in [6.07, 6.45) is 0. The van der Waals surface area contributed by atoms with E-state index in [0.717, 1.165) is 0 Å². The number of hydrogen-bond donors (Lipinski definition) is 1. The van der Waals surface area contributed by atoms with Crippen molar-refractivity contribution in [3.8, 4) is 11.5 Å². The van der Waals surface area contributed by atoms with Gasteiger partial charge in [0.05, 0.1) is 0 Å². The van der Waals surface area contributed by atoms with Gasteiger partial charge in [0.25, 0.3) is 0 Å². The number of amidine groups is 1. The van der Waals surface area contributed by atoms with Gasteiger partial charge in [0.15, 0.2) is 0 Å². The first-order chi connectivity index (χ1) is 9.57. The maximum Gasteiger partial charge on any atom is 0.564 e. The maximum atomic E-state index is 12.7. The van der Waals surface area contributed by atoms with Gasteiger partial charge in [-0.2, -0.15) is 0 Å². The Balaban J connectivity index is 2.27. The summed E-state index contributed by atoms with van der Waals surface area (Å²) in [5.74, 6) is 0.925. The van der Waals surface area contributed by atoms with Gasteiger partial charge in [0.1, 0.15) is 17.3 Å². The molecule has 0 unspecified atom stereocenters. The van der Waals surface area contributed by atoms with E-state index < -0.39 is 7.75 Å². The molecule has 0 bridgehead atoms. The number of hydrogen-bond acceptors (Lipinski definition) is 3. The molecule has 2 aromatic carbocycles. The van der Waals surface area contributed by atoms with Crippen molar-refractivity contribution in [1.82, 2.24) is 0 Å². The Labute approximate surface area is 117 Å². The molecule has 0 spiro atoms. The van der Waals surface area contributed by atoms with E-state index >= 15 is 0 Å². The minimum Gasteiger partial charge on any atom is -0.399 e. The Morgan fingerprint density at radius 3 is 1.70 bits per heavy atom. The van der Waals surface area contributed by atoms with Crippen molar-refractivity contribution < 1.29 is 13.6 Å². The summed E-state index contributed by atoms with van der Waals surface area (Å²) in [7, 11) is -3.76. The van der Waals surface area contributed by atoms with Crippen LogP contribution in [0.25, 0.3) is 0 Å². The second-order valence-electron chi connectivity index (χ2n) is 4.02. The monoisotopic (exact) mass is 290 g/mol. The van der Waals surface area contributed by atoms with Crippen molar-refractivity contribution in [3.05, 3.63) is 60.7 Å². The van der Waals surface area contributed by atoms with Gasteiger partial charge in [0.2, 0.25) is 0 Å². The lowest BCUT2D eigenvalue weighted by molar-refractivity contribution is 0.388. The third-order valence-electron chi connectivity index (χ3n) is 2.21.